The Morgan fingerprint density at radius 3 is 2.80 bits per heavy atom. The first-order valence-corrected chi connectivity index (χ1v) is 6.25. The summed E-state index contributed by atoms with van der Waals surface area (Å²) in [7, 11) is 0. The van der Waals surface area contributed by atoms with E-state index in [0.717, 1.165) is 36.9 Å². The maximum atomic E-state index is 5.88. The number of hydrogen-bond acceptors (Lipinski definition) is 4. The van der Waals surface area contributed by atoms with Gasteiger partial charge in [-0.2, -0.15) is 0 Å². The highest BCUT2D eigenvalue weighted by Gasteiger charge is 2.16. The summed E-state index contributed by atoms with van der Waals surface area (Å²) >= 11 is 7.66. The molecule has 0 saturated carbocycles. The zero-order chi connectivity index (χ0) is 10.7. The minimum absolute atomic E-state index is 0.525. The van der Waals surface area contributed by atoms with Crippen molar-refractivity contribution in [3.05, 3.63) is 17.0 Å². The van der Waals surface area contributed by atoms with E-state index in [4.69, 9.17) is 16.3 Å². The van der Waals surface area contributed by atoms with Crippen LogP contribution in [0.3, 0.4) is 0 Å². The molecule has 0 unspecified atom stereocenters. The maximum absolute atomic E-state index is 5.88. The SMILES string of the molecule is Cc1nc(Cl)cc(SC2CCOCC2)n1. The van der Waals surface area contributed by atoms with Gasteiger partial charge in [-0.25, -0.2) is 9.97 Å². The summed E-state index contributed by atoms with van der Waals surface area (Å²) in [6.45, 7) is 3.57. The van der Waals surface area contributed by atoms with E-state index in [2.05, 4.69) is 9.97 Å². The summed E-state index contributed by atoms with van der Waals surface area (Å²) in [5.41, 5.74) is 0. The zero-order valence-corrected chi connectivity index (χ0v) is 10.1. The normalized spacial score (nSPS) is 18.0. The van der Waals surface area contributed by atoms with Crippen molar-refractivity contribution in [3.8, 4) is 0 Å². The molecule has 0 spiro atoms. The number of rotatable bonds is 2. The molecule has 0 amide bonds. The highest BCUT2D eigenvalue weighted by atomic mass is 35.5. The summed E-state index contributed by atoms with van der Waals surface area (Å²) in [5, 5.41) is 2.10. The lowest BCUT2D eigenvalue weighted by Crippen LogP contribution is -2.17. The first kappa shape index (κ1) is 11.2. The zero-order valence-electron chi connectivity index (χ0n) is 8.57. The number of thioether (sulfide) groups is 1. The lowest BCUT2D eigenvalue weighted by molar-refractivity contribution is 0.1000. The number of halogens is 1. The first-order valence-electron chi connectivity index (χ1n) is 4.99. The molecule has 2 rings (SSSR count). The highest BCUT2D eigenvalue weighted by Crippen LogP contribution is 2.29. The van der Waals surface area contributed by atoms with Gasteiger partial charge in [0, 0.05) is 24.5 Å². The third kappa shape index (κ3) is 3.33. The number of aryl methyl sites for hydroxylation is 1. The molecule has 0 bridgehead atoms. The van der Waals surface area contributed by atoms with Crippen molar-refractivity contribution in [2.45, 2.75) is 30.0 Å². The van der Waals surface area contributed by atoms with E-state index in [1.165, 1.54) is 0 Å². The van der Waals surface area contributed by atoms with Crippen molar-refractivity contribution in [3.63, 3.8) is 0 Å². The Bertz CT molecular complexity index is 322. The van der Waals surface area contributed by atoms with Gasteiger partial charge in [0.25, 0.3) is 0 Å². The van der Waals surface area contributed by atoms with Gasteiger partial charge >= 0.3 is 0 Å². The van der Waals surface area contributed by atoms with Gasteiger partial charge in [0.1, 0.15) is 16.0 Å². The molecular weight excluding hydrogens is 232 g/mol. The molecule has 1 aromatic heterocycles. The lowest BCUT2D eigenvalue weighted by Gasteiger charge is -2.20. The van der Waals surface area contributed by atoms with Gasteiger partial charge < -0.3 is 4.74 Å². The summed E-state index contributed by atoms with van der Waals surface area (Å²) in [4.78, 5) is 8.40. The van der Waals surface area contributed by atoms with Crippen LogP contribution >= 0.6 is 23.4 Å². The van der Waals surface area contributed by atoms with Gasteiger partial charge in [0.2, 0.25) is 0 Å². The van der Waals surface area contributed by atoms with Gasteiger partial charge in [0.05, 0.1) is 0 Å². The minimum atomic E-state index is 0.525. The topological polar surface area (TPSA) is 35.0 Å². The van der Waals surface area contributed by atoms with Crippen LogP contribution in [0.1, 0.15) is 18.7 Å². The smallest absolute Gasteiger partial charge is 0.133 e. The van der Waals surface area contributed by atoms with Gasteiger partial charge in [-0.05, 0) is 19.8 Å². The second kappa shape index (κ2) is 5.14. The van der Waals surface area contributed by atoms with Crippen molar-refractivity contribution in [1.29, 1.82) is 0 Å². The Kier molecular flexibility index (Phi) is 3.83. The molecule has 0 atom stereocenters. The van der Waals surface area contributed by atoms with E-state index in [1.54, 1.807) is 11.8 Å². The van der Waals surface area contributed by atoms with Gasteiger partial charge in [0.15, 0.2) is 0 Å². The van der Waals surface area contributed by atoms with E-state index in [0.29, 0.717) is 10.4 Å². The standard InChI is InChI=1S/C10H13ClN2OS/c1-7-12-9(11)6-10(13-7)15-8-2-4-14-5-3-8/h6,8H,2-5H2,1H3. The third-order valence-corrected chi connectivity index (χ3v) is 3.69. The Labute approximate surface area is 98.6 Å². The van der Waals surface area contributed by atoms with Crippen molar-refractivity contribution >= 4 is 23.4 Å². The molecule has 82 valence electrons. The Morgan fingerprint density at radius 1 is 1.40 bits per heavy atom. The largest absolute Gasteiger partial charge is 0.381 e. The monoisotopic (exact) mass is 244 g/mol. The van der Waals surface area contributed by atoms with Crippen molar-refractivity contribution in [1.82, 2.24) is 9.97 Å². The molecule has 1 aliphatic rings. The second-order valence-electron chi connectivity index (χ2n) is 3.51. The van der Waals surface area contributed by atoms with Crippen molar-refractivity contribution in [2.75, 3.05) is 13.2 Å². The first-order chi connectivity index (χ1) is 7.24. The Morgan fingerprint density at radius 2 is 2.13 bits per heavy atom. The van der Waals surface area contributed by atoms with Crippen LogP contribution in [0.4, 0.5) is 0 Å². The molecule has 0 radical (unpaired) electrons. The summed E-state index contributed by atoms with van der Waals surface area (Å²) in [5.74, 6) is 0.733. The van der Waals surface area contributed by atoms with Crippen molar-refractivity contribution < 1.29 is 4.74 Å². The molecule has 0 aliphatic carbocycles. The van der Waals surface area contributed by atoms with Gasteiger partial charge in [-0.1, -0.05) is 11.6 Å². The average molecular weight is 245 g/mol. The van der Waals surface area contributed by atoms with Crippen LogP contribution in [0.2, 0.25) is 5.15 Å². The van der Waals surface area contributed by atoms with Crippen LogP contribution < -0.4 is 0 Å². The van der Waals surface area contributed by atoms with Crippen LogP contribution in [0, 0.1) is 6.92 Å². The third-order valence-electron chi connectivity index (χ3n) is 2.24. The molecule has 3 nitrogen and oxygen atoms in total. The summed E-state index contributed by atoms with van der Waals surface area (Å²) in [6.07, 6.45) is 2.18. The highest BCUT2D eigenvalue weighted by molar-refractivity contribution is 7.99. The molecule has 5 heteroatoms. The quantitative estimate of drug-likeness (QED) is 0.750. The van der Waals surface area contributed by atoms with Gasteiger partial charge in [-0.3, -0.25) is 0 Å². The molecule has 1 fully saturated rings. The fourth-order valence-electron chi connectivity index (χ4n) is 1.53. The van der Waals surface area contributed by atoms with Gasteiger partial charge in [-0.15, -0.1) is 11.8 Å². The predicted octanol–water partition coefficient (Wildman–Crippen LogP) is 2.71. The lowest BCUT2D eigenvalue weighted by atomic mass is 10.2. The second-order valence-corrected chi connectivity index (χ2v) is 5.21. The average Bonchev–Trinajstić information content (AvgIpc) is 2.17. The molecule has 2 heterocycles. The molecule has 1 aromatic rings. The van der Waals surface area contributed by atoms with E-state index in [1.807, 2.05) is 13.0 Å². The molecule has 1 aliphatic heterocycles. The molecular formula is C10H13ClN2OS. The number of nitrogens with zero attached hydrogens (tertiary/aromatic N) is 2. The Hall–Kier alpha value is -0.320. The molecule has 0 aromatic carbocycles. The number of ether oxygens (including phenoxy) is 1. The number of hydrogen-bond donors (Lipinski definition) is 0. The van der Waals surface area contributed by atoms with Crippen LogP contribution in [0.15, 0.2) is 11.1 Å². The van der Waals surface area contributed by atoms with Crippen molar-refractivity contribution in [2.24, 2.45) is 0 Å². The van der Waals surface area contributed by atoms with Crippen LogP contribution in [0.5, 0.6) is 0 Å². The molecule has 0 N–H and O–H groups in total. The van der Waals surface area contributed by atoms with Crippen LogP contribution in [0.25, 0.3) is 0 Å². The van der Waals surface area contributed by atoms with E-state index >= 15 is 0 Å². The Balaban J connectivity index is 2.02. The molecule has 1 saturated heterocycles. The minimum Gasteiger partial charge on any atom is -0.381 e. The summed E-state index contributed by atoms with van der Waals surface area (Å²) in [6, 6.07) is 1.83. The fraction of sp³-hybridized carbons (Fsp3) is 0.600. The number of aromatic nitrogens is 2. The van der Waals surface area contributed by atoms with E-state index in [9.17, 15) is 0 Å². The summed E-state index contributed by atoms with van der Waals surface area (Å²) < 4.78 is 5.31. The fourth-order valence-corrected chi connectivity index (χ4v) is 2.95. The molecule has 15 heavy (non-hydrogen) atoms. The van der Waals surface area contributed by atoms with E-state index in [-0.39, 0.29) is 0 Å². The van der Waals surface area contributed by atoms with E-state index < -0.39 is 0 Å². The van der Waals surface area contributed by atoms with Crippen LogP contribution in [-0.2, 0) is 4.74 Å². The van der Waals surface area contributed by atoms with Crippen LogP contribution in [-0.4, -0.2) is 28.4 Å². The maximum Gasteiger partial charge on any atom is 0.133 e. The predicted molar refractivity (Wildman–Crippen MR) is 61.5 cm³/mol.